The Bertz CT molecular complexity index is 111. The van der Waals surface area contributed by atoms with E-state index in [-0.39, 0.29) is 0 Å². The molecular formula is C13H26. The number of rotatable bonds is 8. The molecule has 0 aromatic heterocycles. The van der Waals surface area contributed by atoms with Crippen LogP contribution >= 0.6 is 0 Å². The second-order valence-corrected chi connectivity index (χ2v) is 4.27. The lowest BCUT2D eigenvalue weighted by Gasteiger charge is -2.02. The molecule has 0 aromatic rings. The molecule has 0 amide bonds. The van der Waals surface area contributed by atoms with E-state index in [0.29, 0.717) is 0 Å². The average molecular weight is 182 g/mol. The largest absolute Gasteiger partial charge is 0.0888 e. The fraction of sp³-hybridized carbons (Fsp3) is 0.846. The van der Waals surface area contributed by atoms with Crippen molar-refractivity contribution in [2.45, 2.75) is 65.7 Å². The van der Waals surface area contributed by atoms with Crippen molar-refractivity contribution >= 4 is 0 Å². The molecule has 13 heavy (non-hydrogen) atoms. The van der Waals surface area contributed by atoms with E-state index in [1.807, 2.05) is 0 Å². The van der Waals surface area contributed by atoms with Gasteiger partial charge in [-0.3, -0.25) is 0 Å². The highest BCUT2D eigenvalue weighted by Crippen LogP contribution is 2.10. The van der Waals surface area contributed by atoms with Crippen LogP contribution in [0.25, 0.3) is 0 Å². The van der Waals surface area contributed by atoms with Gasteiger partial charge in [0.25, 0.3) is 0 Å². The van der Waals surface area contributed by atoms with Gasteiger partial charge in [-0.2, -0.15) is 0 Å². The predicted octanol–water partition coefficient (Wildman–Crippen LogP) is 4.95. The van der Waals surface area contributed by atoms with Crippen LogP contribution in [-0.2, 0) is 0 Å². The summed E-state index contributed by atoms with van der Waals surface area (Å²) in [6, 6.07) is 0. The summed E-state index contributed by atoms with van der Waals surface area (Å²) in [7, 11) is 0. The van der Waals surface area contributed by atoms with E-state index in [1.54, 1.807) is 0 Å². The third-order valence-corrected chi connectivity index (χ3v) is 2.30. The van der Waals surface area contributed by atoms with Gasteiger partial charge in [0.1, 0.15) is 0 Å². The van der Waals surface area contributed by atoms with Crippen LogP contribution < -0.4 is 0 Å². The summed E-state index contributed by atoms with van der Waals surface area (Å²) in [5, 5.41) is 0. The van der Waals surface area contributed by atoms with Crippen molar-refractivity contribution in [3.8, 4) is 0 Å². The first-order valence-electron chi connectivity index (χ1n) is 5.92. The molecule has 0 fully saturated rings. The molecule has 0 aliphatic heterocycles. The molecule has 0 aromatic carbocycles. The Morgan fingerprint density at radius 3 is 2.23 bits per heavy atom. The van der Waals surface area contributed by atoms with E-state index in [0.717, 1.165) is 5.92 Å². The van der Waals surface area contributed by atoms with Crippen molar-refractivity contribution in [2.24, 2.45) is 5.92 Å². The van der Waals surface area contributed by atoms with Crippen LogP contribution in [0.5, 0.6) is 0 Å². The molecular weight excluding hydrogens is 156 g/mol. The third-order valence-electron chi connectivity index (χ3n) is 2.30. The molecule has 0 spiro atoms. The average Bonchev–Trinajstić information content (AvgIpc) is 2.09. The van der Waals surface area contributed by atoms with E-state index in [1.165, 1.54) is 44.9 Å². The van der Waals surface area contributed by atoms with E-state index >= 15 is 0 Å². The summed E-state index contributed by atoms with van der Waals surface area (Å²) in [5.41, 5.74) is 0. The van der Waals surface area contributed by atoms with E-state index in [4.69, 9.17) is 0 Å². The van der Waals surface area contributed by atoms with Crippen molar-refractivity contribution in [3.63, 3.8) is 0 Å². The van der Waals surface area contributed by atoms with Crippen LogP contribution in [0.15, 0.2) is 12.2 Å². The SMILES string of the molecule is CC/C=C/CCCCCCC(C)C. The Balaban J connectivity index is 2.95. The normalized spacial score (nSPS) is 11.7. The van der Waals surface area contributed by atoms with Crippen LogP contribution in [0.2, 0.25) is 0 Å². The maximum absolute atomic E-state index is 2.32. The molecule has 0 nitrogen and oxygen atoms in total. The summed E-state index contributed by atoms with van der Waals surface area (Å²) in [6.07, 6.45) is 14.1. The Hall–Kier alpha value is -0.260. The fourth-order valence-corrected chi connectivity index (χ4v) is 1.45. The molecule has 0 aliphatic rings. The highest BCUT2D eigenvalue weighted by molar-refractivity contribution is 4.79. The maximum Gasteiger partial charge on any atom is -0.0351 e. The molecule has 0 radical (unpaired) electrons. The molecule has 0 atom stereocenters. The van der Waals surface area contributed by atoms with Gasteiger partial charge in [-0.15, -0.1) is 0 Å². The fourth-order valence-electron chi connectivity index (χ4n) is 1.45. The predicted molar refractivity (Wildman–Crippen MR) is 62.0 cm³/mol. The van der Waals surface area contributed by atoms with Crippen molar-refractivity contribution in [2.75, 3.05) is 0 Å². The maximum atomic E-state index is 2.32. The van der Waals surface area contributed by atoms with Crippen molar-refractivity contribution < 1.29 is 0 Å². The van der Waals surface area contributed by atoms with Crippen LogP contribution in [0, 0.1) is 5.92 Å². The Kier molecular flexibility index (Phi) is 9.63. The van der Waals surface area contributed by atoms with Gasteiger partial charge < -0.3 is 0 Å². The number of hydrogen-bond acceptors (Lipinski definition) is 0. The van der Waals surface area contributed by atoms with Gasteiger partial charge in [-0.05, 0) is 25.2 Å². The minimum absolute atomic E-state index is 0.889. The monoisotopic (exact) mass is 182 g/mol. The highest BCUT2D eigenvalue weighted by atomic mass is 14.0. The van der Waals surface area contributed by atoms with E-state index in [2.05, 4.69) is 32.9 Å². The van der Waals surface area contributed by atoms with Crippen molar-refractivity contribution in [1.29, 1.82) is 0 Å². The molecule has 0 heterocycles. The van der Waals surface area contributed by atoms with Crippen LogP contribution in [0.4, 0.5) is 0 Å². The second kappa shape index (κ2) is 9.83. The summed E-state index contributed by atoms with van der Waals surface area (Å²) in [5.74, 6) is 0.889. The zero-order chi connectivity index (χ0) is 9.94. The molecule has 0 N–H and O–H groups in total. The van der Waals surface area contributed by atoms with Crippen LogP contribution in [0.3, 0.4) is 0 Å². The van der Waals surface area contributed by atoms with Gasteiger partial charge >= 0.3 is 0 Å². The lowest BCUT2D eigenvalue weighted by atomic mass is 10.0. The summed E-state index contributed by atoms with van der Waals surface area (Å²) in [4.78, 5) is 0. The Morgan fingerprint density at radius 2 is 1.62 bits per heavy atom. The van der Waals surface area contributed by atoms with Crippen LogP contribution in [-0.4, -0.2) is 0 Å². The topological polar surface area (TPSA) is 0 Å². The van der Waals surface area contributed by atoms with Gasteiger partial charge in [0.2, 0.25) is 0 Å². The summed E-state index contributed by atoms with van der Waals surface area (Å²) >= 11 is 0. The number of unbranched alkanes of at least 4 members (excludes halogenated alkanes) is 4. The molecule has 0 saturated heterocycles. The Labute approximate surface area is 84.4 Å². The molecule has 0 saturated carbocycles. The van der Waals surface area contributed by atoms with Gasteiger partial charge in [-0.1, -0.05) is 58.6 Å². The summed E-state index contributed by atoms with van der Waals surface area (Å²) < 4.78 is 0. The standard InChI is InChI=1S/C13H26/c1-4-5-6-7-8-9-10-11-12-13(2)3/h5-6,13H,4,7-12H2,1-3H3/b6-5+. The van der Waals surface area contributed by atoms with Crippen LogP contribution in [0.1, 0.15) is 65.7 Å². The molecule has 78 valence electrons. The lowest BCUT2D eigenvalue weighted by Crippen LogP contribution is -1.86. The zero-order valence-electron chi connectivity index (χ0n) is 9.68. The van der Waals surface area contributed by atoms with Crippen molar-refractivity contribution in [3.05, 3.63) is 12.2 Å². The molecule has 0 rings (SSSR count). The lowest BCUT2D eigenvalue weighted by molar-refractivity contribution is 0.521. The number of allylic oxidation sites excluding steroid dienone is 2. The first kappa shape index (κ1) is 12.7. The van der Waals surface area contributed by atoms with E-state index in [9.17, 15) is 0 Å². The van der Waals surface area contributed by atoms with Gasteiger partial charge in [-0.25, -0.2) is 0 Å². The minimum atomic E-state index is 0.889. The molecule has 0 aliphatic carbocycles. The zero-order valence-corrected chi connectivity index (χ0v) is 9.68. The number of hydrogen-bond donors (Lipinski definition) is 0. The van der Waals surface area contributed by atoms with E-state index < -0.39 is 0 Å². The second-order valence-electron chi connectivity index (χ2n) is 4.27. The smallest absolute Gasteiger partial charge is 0.0351 e. The van der Waals surface area contributed by atoms with Gasteiger partial charge in [0, 0.05) is 0 Å². The molecule has 0 bridgehead atoms. The minimum Gasteiger partial charge on any atom is -0.0888 e. The first-order chi connectivity index (χ1) is 6.27. The molecule has 0 unspecified atom stereocenters. The summed E-state index contributed by atoms with van der Waals surface area (Å²) in [6.45, 7) is 6.81. The first-order valence-corrected chi connectivity index (χ1v) is 5.92. The third kappa shape index (κ3) is 11.7. The quantitative estimate of drug-likeness (QED) is 0.368. The van der Waals surface area contributed by atoms with Gasteiger partial charge in [0.05, 0.1) is 0 Å². The van der Waals surface area contributed by atoms with Gasteiger partial charge in [0.15, 0.2) is 0 Å². The Morgan fingerprint density at radius 1 is 0.923 bits per heavy atom. The van der Waals surface area contributed by atoms with Crippen molar-refractivity contribution in [1.82, 2.24) is 0 Å². The molecule has 0 heteroatoms. The highest BCUT2D eigenvalue weighted by Gasteiger charge is 1.93.